The summed E-state index contributed by atoms with van der Waals surface area (Å²) in [5, 5.41) is 3.22. The van der Waals surface area contributed by atoms with Crippen molar-refractivity contribution in [3.63, 3.8) is 0 Å². The monoisotopic (exact) mass is 493 g/mol. The molecule has 0 aliphatic carbocycles. The molecule has 0 unspecified atom stereocenters. The van der Waals surface area contributed by atoms with Crippen molar-refractivity contribution in [2.45, 2.75) is 31.7 Å². The lowest BCUT2D eigenvalue weighted by Gasteiger charge is -2.11. The van der Waals surface area contributed by atoms with E-state index >= 15 is 0 Å². The normalized spacial score (nSPS) is 10.4. The van der Waals surface area contributed by atoms with Gasteiger partial charge in [0.15, 0.2) is 5.16 Å². The van der Waals surface area contributed by atoms with Gasteiger partial charge in [-0.15, -0.1) is 0 Å². The molecule has 2 aromatic carbocycles. The van der Waals surface area contributed by atoms with Gasteiger partial charge in [-0.3, -0.25) is 25.2 Å². The number of carbonyl (C=O) groups is 3. The minimum absolute atomic E-state index is 0.309. The predicted molar refractivity (Wildman–Crippen MR) is 133 cm³/mol. The fourth-order valence-electron chi connectivity index (χ4n) is 3.09. The van der Waals surface area contributed by atoms with Gasteiger partial charge < -0.3 is 10.1 Å². The van der Waals surface area contributed by atoms with E-state index in [1.54, 1.807) is 36.4 Å². The molecule has 182 valence electrons. The first-order valence-corrected chi connectivity index (χ1v) is 12.0. The second-order valence-electron chi connectivity index (χ2n) is 7.53. The SMILES string of the molecule is CCOc1ccccc1C(=O)NCC(=O)NNC(=O)c1ccc(CSc2nc(C)cc(C)n2)cc1. The van der Waals surface area contributed by atoms with Gasteiger partial charge in [-0.2, -0.15) is 0 Å². The molecule has 35 heavy (non-hydrogen) atoms. The largest absolute Gasteiger partial charge is 0.493 e. The standard InChI is InChI=1S/C25H27N5O4S/c1-4-34-21-8-6-5-7-20(21)24(33)26-14-22(31)29-30-23(32)19-11-9-18(10-12-19)15-35-25-27-16(2)13-17(3)28-25/h5-13H,4,14-15H2,1-3H3,(H,26,33)(H,29,31)(H,30,32). The highest BCUT2D eigenvalue weighted by Gasteiger charge is 2.14. The Balaban J connectivity index is 1.44. The number of benzene rings is 2. The van der Waals surface area contributed by atoms with Gasteiger partial charge in [0.2, 0.25) is 0 Å². The van der Waals surface area contributed by atoms with E-state index in [4.69, 9.17) is 4.74 Å². The third kappa shape index (κ3) is 7.82. The number of hydrogen-bond donors (Lipinski definition) is 3. The van der Waals surface area contributed by atoms with E-state index in [-0.39, 0.29) is 6.54 Å². The molecule has 10 heteroatoms. The predicted octanol–water partition coefficient (Wildman–Crippen LogP) is 2.98. The number of ether oxygens (including phenoxy) is 1. The summed E-state index contributed by atoms with van der Waals surface area (Å²) < 4.78 is 5.42. The highest BCUT2D eigenvalue weighted by atomic mass is 32.2. The van der Waals surface area contributed by atoms with E-state index in [0.29, 0.717) is 34.4 Å². The van der Waals surface area contributed by atoms with Crippen molar-refractivity contribution in [1.29, 1.82) is 0 Å². The van der Waals surface area contributed by atoms with Gasteiger partial charge in [0.1, 0.15) is 5.75 Å². The highest BCUT2D eigenvalue weighted by molar-refractivity contribution is 7.98. The van der Waals surface area contributed by atoms with E-state index in [0.717, 1.165) is 17.0 Å². The maximum atomic E-state index is 12.3. The molecule has 0 saturated carbocycles. The zero-order valence-corrected chi connectivity index (χ0v) is 20.6. The van der Waals surface area contributed by atoms with Crippen molar-refractivity contribution >= 4 is 29.5 Å². The van der Waals surface area contributed by atoms with Crippen LogP contribution in [0.4, 0.5) is 0 Å². The van der Waals surface area contributed by atoms with Gasteiger partial charge in [0.05, 0.1) is 18.7 Å². The number of thioether (sulfide) groups is 1. The third-order valence-electron chi connectivity index (χ3n) is 4.70. The molecule has 0 saturated heterocycles. The zero-order valence-electron chi connectivity index (χ0n) is 19.8. The van der Waals surface area contributed by atoms with E-state index in [2.05, 4.69) is 26.1 Å². The van der Waals surface area contributed by atoms with E-state index < -0.39 is 17.7 Å². The molecule has 0 aliphatic heterocycles. The fourth-order valence-corrected chi connectivity index (χ4v) is 4.00. The summed E-state index contributed by atoms with van der Waals surface area (Å²) >= 11 is 1.52. The van der Waals surface area contributed by atoms with Crippen molar-refractivity contribution in [2.75, 3.05) is 13.2 Å². The second kappa shape index (κ2) is 12.5. The third-order valence-corrected chi connectivity index (χ3v) is 5.62. The fraction of sp³-hybridized carbons (Fsp3) is 0.240. The Kier molecular flexibility index (Phi) is 9.19. The van der Waals surface area contributed by atoms with Gasteiger partial charge in [0.25, 0.3) is 17.7 Å². The van der Waals surface area contributed by atoms with Crippen LogP contribution in [-0.4, -0.2) is 40.8 Å². The molecule has 0 spiro atoms. The van der Waals surface area contributed by atoms with Crippen LogP contribution in [0.2, 0.25) is 0 Å². The molecule has 3 rings (SSSR count). The Bertz CT molecular complexity index is 1180. The van der Waals surface area contributed by atoms with Crippen LogP contribution in [0.3, 0.4) is 0 Å². The number of aryl methyl sites for hydroxylation is 2. The highest BCUT2D eigenvalue weighted by Crippen LogP contribution is 2.20. The number of carbonyl (C=O) groups excluding carboxylic acids is 3. The Morgan fingerprint density at radius 3 is 2.29 bits per heavy atom. The van der Waals surface area contributed by atoms with Crippen LogP contribution in [0.5, 0.6) is 5.75 Å². The summed E-state index contributed by atoms with van der Waals surface area (Å²) in [6.07, 6.45) is 0. The Morgan fingerprint density at radius 2 is 1.60 bits per heavy atom. The minimum Gasteiger partial charge on any atom is -0.493 e. The lowest BCUT2D eigenvalue weighted by Crippen LogP contribution is -2.46. The van der Waals surface area contributed by atoms with Gasteiger partial charge >= 0.3 is 0 Å². The summed E-state index contributed by atoms with van der Waals surface area (Å²) in [6.45, 7) is 5.78. The first kappa shape index (κ1) is 25.7. The molecule has 0 aliphatic rings. The van der Waals surface area contributed by atoms with Crippen LogP contribution >= 0.6 is 11.8 Å². The molecule has 3 N–H and O–H groups in total. The van der Waals surface area contributed by atoms with Crippen LogP contribution in [-0.2, 0) is 10.5 Å². The average molecular weight is 494 g/mol. The molecule has 0 atom stereocenters. The number of hydrogen-bond acceptors (Lipinski definition) is 7. The summed E-state index contributed by atoms with van der Waals surface area (Å²) in [5.74, 6) is -0.391. The van der Waals surface area contributed by atoms with Gasteiger partial charge in [-0.05, 0) is 56.7 Å². The maximum absolute atomic E-state index is 12.3. The van der Waals surface area contributed by atoms with E-state index in [1.807, 2.05) is 39.0 Å². The van der Waals surface area contributed by atoms with Gasteiger partial charge in [0, 0.05) is 22.7 Å². The molecule has 3 amide bonds. The molecular formula is C25H27N5O4S. The number of rotatable bonds is 9. The quantitative estimate of drug-likeness (QED) is 0.238. The number of nitrogens with zero attached hydrogens (tertiary/aromatic N) is 2. The molecule has 1 aromatic heterocycles. The van der Waals surface area contributed by atoms with Crippen molar-refractivity contribution in [1.82, 2.24) is 26.1 Å². The van der Waals surface area contributed by atoms with Crippen molar-refractivity contribution in [3.05, 3.63) is 82.7 Å². The molecule has 1 heterocycles. The van der Waals surface area contributed by atoms with Crippen LogP contribution in [0, 0.1) is 13.8 Å². The molecule has 0 fully saturated rings. The summed E-state index contributed by atoms with van der Waals surface area (Å²) in [5.41, 5.74) is 8.20. The molecule has 0 radical (unpaired) electrons. The first-order chi connectivity index (χ1) is 16.9. The van der Waals surface area contributed by atoms with Crippen LogP contribution in [0.25, 0.3) is 0 Å². The Hall–Kier alpha value is -3.92. The summed E-state index contributed by atoms with van der Waals surface area (Å²) in [7, 11) is 0. The van der Waals surface area contributed by atoms with E-state index in [1.165, 1.54) is 11.8 Å². The number of hydrazine groups is 1. The lowest BCUT2D eigenvalue weighted by atomic mass is 10.1. The number of amides is 3. The van der Waals surface area contributed by atoms with Gasteiger partial charge in [-0.25, -0.2) is 9.97 Å². The number of nitrogens with one attached hydrogen (secondary N) is 3. The van der Waals surface area contributed by atoms with E-state index in [9.17, 15) is 14.4 Å². The molecule has 0 bridgehead atoms. The topological polar surface area (TPSA) is 122 Å². The average Bonchev–Trinajstić information content (AvgIpc) is 2.85. The van der Waals surface area contributed by atoms with Gasteiger partial charge in [-0.1, -0.05) is 36.0 Å². The number of aromatic nitrogens is 2. The van der Waals surface area contributed by atoms with Crippen molar-refractivity contribution < 1.29 is 19.1 Å². The Morgan fingerprint density at radius 1 is 0.914 bits per heavy atom. The summed E-state index contributed by atoms with van der Waals surface area (Å²) in [6, 6.07) is 15.7. The molecular weight excluding hydrogens is 466 g/mol. The number of para-hydroxylation sites is 1. The Labute approximate surface area is 208 Å². The summed E-state index contributed by atoms with van der Waals surface area (Å²) in [4.78, 5) is 45.6. The van der Waals surface area contributed by atoms with Crippen molar-refractivity contribution in [2.24, 2.45) is 0 Å². The molecule has 9 nitrogen and oxygen atoms in total. The van der Waals surface area contributed by atoms with Crippen LogP contribution < -0.4 is 20.9 Å². The maximum Gasteiger partial charge on any atom is 0.269 e. The zero-order chi connectivity index (χ0) is 25.2. The lowest BCUT2D eigenvalue weighted by molar-refractivity contribution is -0.120. The van der Waals surface area contributed by atoms with Crippen molar-refractivity contribution in [3.8, 4) is 5.75 Å². The first-order valence-electron chi connectivity index (χ1n) is 11.0. The minimum atomic E-state index is -0.568. The van der Waals surface area contributed by atoms with Crippen LogP contribution in [0.1, 0.15) is 44.6 Å². The molecule has 3 aromatic rings. The van der Waals surface area contributed by atoms with Crippen LogP contribution in [0.15, 0.2) is 59.8 Å². The smallest absolute Gasteiger partial charge is 0.269 e. The second-order valence-corrected chi connectivity index (χ2v) is 8.48.